The zero-order valence-corrected chi connectivity index (χ0v) is 15.5. The van der Waals surface area contributed by atoms with E-state index in [0.717, 1.165) is 11.3 Å². The van der Waals surface area contributed by atoms with Gasteiger partial charge in [-0.05, 0) is 43.5 Å². The Morgan fingerprint density at radius 3 is 2.48 bits per heavy atom. The molecule has 0 saturated heterocycles. The Labute approximate surface area is 149 Å². The van der Waals surface area contributed by atoms with Crippen LogP contribution in [0, 0.1) is 12.8 Å². The van der Waals surface area contributed by atoms with Crippen molar-refractivity contribution in [1.82, 2.24) is 10.3 Å². The van der Waals surface area contributed by atoms with Crippen molar-refractivity contribution in [3.05, 3.63) is 53.9 Å². The summed E-state index contributed by atoms with van der Waals surface area (Å²) in [6.45, 7) is 8.14. The molecule has 5 heteroatoms. The van der Waals surface area contributed by atoms with E-state index in [4.69, 9.17) is 4.74 Å². The number of hydrogen-bond acceptors (Lipinski definition) is 4. The third-order valence-corrected chi connectivity index (χ3v) is 4.20. The van der Waals surface area contributed by atoms with Crippen LogP contribution in [0.1, 0.15) is 38.1 Å². The average Bonchev–Trinajstić information content (AvgIpc) is 2.60. The van der Waals surface area contributed by atoms with E-state index in [0.29, 0.717) is 17.4 Å². The van der Waals surface area contributed by atoms with E-state index >= 15 is 0 Å². The van der Waals surface area contributed by atoms with E-state index in [1.165, 1.54) is 0 Å². The maximum absolute atomic E-state index is 12.6. The molecule has 0 unspecified atom stereocenters. The topological polar surface area (TPSA) is 63.2 Å². The van der Waals surface area contributed by atoms with Gasteiger partial charge in [-0.15, -0.1) is 0 Å². The van der Waals surface area contributed by atoms with Crippen molar-refractivity contribution in [2.75, 3.05) is 12.4 Å². The van der Waals surface area contributed by atoms with Gasteiger partial charge in [0.25, 0.3) is 0 Å². The van der Waals surface area contributed by atoms with Crippen LogP contribution in [-0.4, -0.2) is 24.0 Å². The van der Waals surface area contributed by atoms with Crippen LogP contribution in [0.15, 0.2) is 42.6 Å². The molecule has 2 aromatic rings. The molecule has 0 aliphatic rings. The Bertz CT molecular complexity index is 716. The molecule has 0 radical (unpaired) electrons. The summed E-state index contributed by atoms with van der Waals surface area (Å²) >= 11 is 0. The molecule has 1 aromatic heterocycles. The summed E-state index contributed by atoms with van der Waals surface area (Å²) in [5, 5.41) is 6.34. The molecule has 0 bridgehead atoms. The zero-order valence-electron chi connectivity index (χ0n) is 15.5. The maximum Gasteiger partial charge on any atom is 0.241 e. The number of methoxy groups -OCH3 is 1. The lowest BCUT2D eigenvalue weighted by Gasteiger charge is -2.27. The predicted octanol–water partition coefficient (Wildman–Crippen LogP) is 3.71. The van der Waals surface area contributed by atoms with Crippen molar-refractivity contribution in [2.24, 2.45) is 5.92 Å². The number of para-hydroxylation sites is 2. The minimum absolute atomic E-state index is 0.000353. The highest BCUT2D eigenvalue weighted by Crippen LogP contribution is 2.25. The van der Waals surface area contributed by atoms with Gasteiger partial charge in [0, 0.05) is 6.20 Å². The first-order valence-corrected chi connectivity index (χ1v) is 8.55. The highest BCUT2D eigenvalue weighted by Gasteiger charge is 2.24. The fraction of sp³-hybridized carbons (Fsp3) is 0.400. The molecule has 25 heavy (non-hydrogen) atoms. The quantitative estimate of drug-likeness (QED) is 0.806. The molecule has 0 aliphatic heterocycles. The summed E-state index contributed by atoms with van der Waals surface area (Å²) in [5.41, 5.74) is 2.76. The average molecular weight is 341 g/mol. The van der Waals surface area contributed by atoms with E-state index in [1.54, 1.807) is 13.3 Å². The van der Waals surface area contributed by atoms with Gasteiger partial charge >= 0.3 is 0 Å². The first-order valence-electron chi connectivity index (χ1n) is 8.55. The molecule has 2 N–H and O–H groups in total. The molecule has 134 valence electrons. The summed E-state index contributed by atoms with van der Waals surface area (Å²) in [4.78, 5) is 17.1. The predicted molar refractivity (Wildman–Crippen MR) is 101 cm³/mol. The molecule has 1 aromatic carbocycles. The SMILES string of the molecule is COc1ccccc1NC(=O)[C@H](C)N[C@@H](c1ncccc1C)C(C)C. The number of rotatable bonds is 7. The first kappa shape index (κ1) is 18.9. The molecule has 1 amide bonds. The molecule has 0 spiro atoms. The van der Waals surface area contributed by atoms with E-state index in [1.807, 2.05) is 50.2 Å². The number of anilines is 1. The van der Waals surface area contributed by atoms with Crippen LogP contribution in [0.25, 0.3) is 0 Å². The van der Waals surface area contributed by atoms with Gasteiger partial charge in [0.15, 0.2) is 0 Å². The Balaban J connectivity index is 2.12. The number of nitrogens with zero attached hydrogens (tertiary/aromatic N) is 1. The summed E-state index contributed by atoms with van der Waals surface area (Å²) in [7, 11) is 1.59. The number of hydrogen-bond donors (Lipinski definition) is 2. The normalized spacial score (nSPS) is 13.4. The minimum atomic E-state index is -0.376. The summed E-state index contributed by atoms with van der Waals surface area (Å²) < 4.78 is 5.29. The number of nitrogens with one attached hydrogen (secondary N) is 2. The van der Waals surface area contributed by atoms with Gasteiger partial charge in [-0.2, -0.15) is 0 Å². The number of pyridine rings is 1. The summed E-state index contributed by atoms with van der Waals surface area (Å²) in [6, 6.07) is 11.0. The molecule has 2 atom stereocenters. The Hall–Kier alpha value is -2.40. The smallest absolute Gasteiger partial charge is 0.241 e. The van der Waals surface area contributed by atoms with Crippen molar-refractivity contribution in [1.29, 1.82) is 0 Å². The van der Waals surface area contributed by atoms with Crippen LogP contribution in [0.2, 0.25) is 0 Å². The molecular formula is C20H27N3O2. The first-order chi connectivity index (χ1) is 11.9. The van der Waals surface area contributed by atoms with Gasteiger partial charge in [-0.25, -0.2) is 0 Å². The minimum Gasteiger partial charge on any atom is -0.495 e. The van der Waals surface area contributed by atoms with Crippen molar-refractivity contribution in [3.8, 4) is 5.75 Å². The molecule has 2 rings (SSSR count). The number of ether oxygens (including phenoxy) is 1. The van der Waals surface area contributed by atoms with Gasteiger partial charge in [0.1, 0.15) is 5.75 Å². The standard InChI is InChI=1S/C20H27N3O2/c1-13(2)18(19-14(3)9-8-12-21-19)22-15(4)20(24)23-16-10-6-7-11-17(16)25-5/h6-13,15,18,22H,1-5H3,(H,23,24)/t15-,18+/m0/s1. The van der Waals surface area contributed by atoms with Gasteiger partial charge in [-0.1, -0.05) is 32.0 Å². The highest BCUT2D eigenvalue weighted by molar-refractivity contribution is 5.95. The second-order valence-corrected chi connectivity index (χ2v) is 6.51. The number of aryl methyl sites for hydroxylation is 1. The van der Waals surface area contributed by atoms with Crippen LogP contribution < -0.4 is 15.4 Å². The van der Waals surface area contributed by atoms with Gasteiger partial charge in [0.2, 0.25) is 5.91 Å². The van der Waals surface area contributed by atoms with Gasteiger partial charge in [0.05, 0.1) is 30.6 Å². The molecular weight excluding hydrogens is 314 g/mol. The van der Waals surface area contributed by atoms with Crippen LogP contribution in [0.3, 0.4) is 0 Å². The number of amides is 1. The second kappa shape index (κ2) is 8.62. The molecule has 0 fully saturated rings. The van der Waals surface area contributed by atoms with Crippen molar-refractivity contribution in [3.63, 3.8) is 0 Å². The largest absolute Gasteiger partial charge is 0.495 e. The number of aromatic nitrogens is 1. The lowest BCUT2D eigenvalue weighted by Crippen LogP contribution is -2.42. The van der Waals surface area contributed by atoms with Crippen molar-refractivity contribution < 1.29 is 9.53 Å². The van der Waals surface area contributed by atoms with Crippen LogP contribution in [0.5, 0.6) is 5.75 Å². The third-order valence-electron chi connectivity index (χ3n) is 4.20. The fourth-order valence-electron chi connectivity index (χ4n) is 2.74. The molecule has 1 heterocycles. The van der Waals surface area contributed by atoms with E-state index in [-0.39, 0.29) is 18.0 Å². The highest BCUT2D eigenvalue weighted by atomic mass is 16.5. The van der Waals surface area contributed by atoms with Gasteiger partial charge in [-0.3, -0.25) is 15.1 Å². The monoisotopic (exact) mass is 341 g/mol. The van der Waals surface area contributed by atoms with E-state index in [9.17, 15) is 4.79 Å². The van der Waals surface area contributed by atoms with Crippen LogP contribution >= 0.6 is 0 Å². The van der Waals surface area contributed by atoms with Crippen LogP contribution in [0.4, 0.5) is 5.69 Å². The number of carbonyl (C=O) groups excluding carboxylic acids is 1. The second-order valence-electron chi connectivity index (χ2n) is 6.51. The molecule has 0 saturated carbocycles. The number of carbonyl (C=O) groups is 1. The maximum atomic E-state index is 12.6. The molecule has 0 aliphatic carbocycles. The zero-order chi connectivity index (χ0) is 18.4. The fourth-order valence-corrected chi connectivity index (χ4v) is 2.74. The Kier molecular flexibility index (Phi) is 6.53. The lowest BCUT2D eigenvalue weighted by molar-refractivity contribution is -0.118. The number of benzene rings is 1. The van der Waals surface area contributed by atoms with E-state index < -0.39 is 0 Å². The Morgan fingerprint density at radius 1 is 1.12 bits per heavy atom. The third kappa shape index (κ3) is 4.79. The van der Waals surface area contributed by atoms with Crippen molar-refractivity contribution >= 4 is 11.6 Å². The molecule has 5 nitrogen and oxygen atoms in total. The van der Waals surface area contributed by atoms with Crippen molar-refractivity contribution in [2.45, 2.75) is 39.8 Å². The Morgan fingerprint density at radius 2 is 1.84 bits per heavy atom. The summed E-state index contributed by atoms with van der Waals surface area (Å²) in [6.07, 6.45) is 1.79. The summed E-state index contributed by atoms with van der Waals surface area (Å²) in [5.74, 6) is 0.836. The van der Waals surface area contributed by atoms with Gasteiger partial charge < -0.3 is 10.1 Å². The lowest BCUT2D eigenvalue weighted by atomic mass is 9.96. The van der Waals surface area contributed by atoms with Crippen LogP contribution in [-0.2, 0) is 4.79 Å². The van der Waals surface area contributed by atoms with E-state index in [2.05, 4.69) is 29.5 Å².